The van der Waals surface area contributed by atoms with Crippen LogP contribution in [0.3, 0.4) is 0 Å². The minimum absolute atomic E-state index is 0.0340. The Morgan fingerprint density at radius 2 is 1.66 bits per heavy atom. The first-order chi connectivity index (χ1) is 25.4. The molecule has 13 nitrogen and oxygen atoms in total. The molecule has 3 aliphatic rings. The smallest absolute Gasteiger partial charge is 0.320 e. The van der Waals surface area contributed by atoms with Crippen LogP contribution >= 0.6 is 46.4 Å². The molecule has 0 unspecified atom stereocenters. The van der Waals surface area contributed by atoms with E-state index in [4.69, 9.17) is 62.2 Å². The van der Waals surface area contributed by atoms with Crippen LogP contribution < -0.4 is 5.73 Å². The summed E-state index contributed by atoms with van der Waals surface area (Å²) < 4.78 is 0. The maximum atomic E-state index is 13.5. The van der Waals surface area contributed by atoms with Gasteiger partial charge in [-0.15, -0.1) is 0 Å². The Hall–Kier alpha value is -3.49. The van der Waals surface area contributed by atoms with Crippen LogP contribution in [0.4, 0.5) is 4.79 Å². The summed E-state index contributed by atoms with van der Waals surface area (Å²) in [5.74, 6) is -0.849. The number of oxime groups is 2. The summed E-state index contributed by atoms with van der Waals surface area (Å²) in [5, 5.41) is 17.9. The van der Waals surface area contributed by atoms with Crippen molar-refractivity contribution < 1.29 is 24.4 Å². The van der Waals surface area contributed by atoms with Crippen molar-refractivity contribution in [3.05, 3.63) is 67.6 Å². The number of amidine groups is 1. The molecule has 0 saturated carbocycles. The van der Waals surface area contributed by atoms with Crippen LogP contribution in [0, 0.1) is 0 Å². The molecule has 5 rings (SSSR count). The van der Waals surface area contributed by atoms with Crippen molar-refractivity contribution in [3.63, 3.8) is 0 Å². The number of carbonyl (C=O) groups is 3. The molecule has 1 atom stereocenters. The molecule has 0 radical (unpaired) electrons. The Morgan fingerprint density at radius 3 is 2.32 bits per heavy atom. The number of hydrogen-bond donors (Lipinski definition) is 2. The molecule has 3 fully saturated rings. The summed E-state index contributed by atoms with van der Waals surface area (Å²) in [6, 6.07) is 10.0. The van der Waals surface area contributed by atoms with Gasteiger partial charge in [0.05, 0.1) is 22.3 Å². The minimum atomic E-state index is -0.377. The van der Waals surface area contributed by atoms with Crippen LogP contribution in [-0.2, 0) is 9.63 Å². The molecule has 3 saturated heterocycles. The van der Waals surface area contributed by atoms with Crippen LogP contribution in [-0.4, -0.2) is 138 Å². The number of likely N-dealkylation sites (tertiary alicyclic amines) is 2. The van der Waals surface area contributed by atoms with Crippen LogP contribution in [0.5, 0.6) is 0 Å². The van der Waals surface area contributed by atoms with E-state index in [9.17, 15) is 14.4 Å². The molecule has 2 aromatic rings. The Morgan fingerprint density at radius 1 is 0.962 bits per heavy atom. The number of urea groups is 1. The quantitative estimate of drug-likeness (QED) is 0.105. The molecule has 288 valence electrons. The van der Waals surface area contributed by atoms with E-state index in [0.29, 0.717) is 57.4 Å². The summed E-state index contributed by atoms with van der Waals surface area (Å²) in [6.45, 7) is 4.98. The van der Waals surface area contributed by atoms with Gasteiger partial charge in [-0.3, -0.25) is 9.59 Å². The first-order valence-electron chi connectivity index (χ1n) is 17.8. The number of carbonyl (C=O) groups excluding carboxylic acids is 3. The van der Waals surface area contributed by atoms with Gasteiger partial charge in [-0.2, -0.15) is 0 Å². The number of piperidine rings is 1. The van der Waals surface area contributed by atoms with Gasteiger partial charge in [0.2, 0.25) is 5.91 Å². The second-order valence-corrected chi connectivity index (χ2v) is 15.4. The lowest BCUT2D eigenvalue weighted by Gasteiger charge is -2.43. The molecule has 3 heterocycles. The van der Waals surface area contributed by atoms with E-state index in [1.165, 1.54) is 4.90 Å². The molecule has 4 amide bonds. The molecule has 0 aliphatic carbocycles. The summed E-state index contributed by atoms with van der Waals surface area (Å²) in [7, 11) is 1.64. The summed E-state index contributed by atoms with van der Waals surface area (Å²) in [5.41, 5.74) is 7.27. The van der Waals surface area contributed by atoms with Crippen molar-refractivity contribution in [2.45, 2.75) is 50.5 Å². The van der Waals surface area contributed by atoms with Crippen LogP contribution in [0.1, 0.15) is 60.4 Å². The standard InChI is InChI=1S/C36H46Cl4N8O5/c1-44(35(50)25-17-26(37)20-27(38)18-25)21-32(43-53-23-33(41)42-52)29(24-5-6-30(39)31(40)19-24)9-16-45-14-7-28(8-15-45)48-13-4-12-47(36(48)51)22-34(49)46-10-2-3-11-46/h5-6,17-20,28-29,52H,2-4,7-16,21-23H2,1H3,(H2,41,42)/t29-/m1/s1. The third-order valence-corrected chi connectivity index (χ3v) is 11.2. The molecule has 3 N–H and O–H groups in total. The average molecular weight is 813 g/mol. The highest BCUT2D eigenvalue weighted by Crippen LogP contribution is 2.31. The van der Waals surface area contributed by atoms with Gasteiger partial charge in [0, 0.05) is 73.9 Å². The van der Waals surface area contributed by atoms with E-state index in [1.807, 2.05) is 15.9 Å². The van der Waals surface area contributed by atoms with E-state index in [0.717, 1.165) is 63.8 Å². The fraction of sp³-hybridized carbons (Fsp3) is 0.528. The van der Waals surface area contributed by atoms with Crippen molar-refractivity contribution in [1.82, 2.24) is 24.5 Å². The molecule has 53 heavy (non-hydrogen) atoms. The van der Waals surface area contributed by atoms with Gasteiger partial charge >= 0.3 is 6.03 Å². The van der Waals surface area contributed by atoms with Crippen LogP contribution in [0.15, 0.2) is 46.7 Å². The second kappa shape index (κ2) is 19.2. The van der Waals surface area contributed by atoms with Gasteiger partial charge in [-0.1, -0.05) is 62.8 Å². The van der Waals surface area contributed by atoms with E-state index >= 15 is 0 Å². The van der Waals surface area contributed by atoms with Crippen molar-refractivity contribution in [2.75, 3.05) is 72.6 Å². The topological polar surface area (TPSA) is 148 Å². The maximum absolute atomic E-state index is 13.5. The lowest BCUT2D eigenvalue weighted by molar-refractivity contribution is -0.131. The first kappa shape index (κ1) is 40.7. The highest BCUT2D eigenvalue weighted by Gasteiger charge is 2.35. The molecule has 17 heteroatoms. The zero-order valence-corrected chi connectivity index (χ0v) is 32.8. The lowest BCUT2D eigenvalue weighted by atomic mass is 9.89. The van der Waals surface area contributed by atoms with E-state index in [1.54, 1.807) is 42.3 Å². The first-order valence-corrected chi connectivity index (χ1v) is 19.3. The molecular weight excluding hydrogens is 766 g/mol. The highest BCUT2D eigenvalue weighted by molar-refractivity contribution is 6.42. The Bertz CT molecular complexity index is 1660. The Balaban J connectivity index is 1.28. The summed E-state index contributed by atoms with van der Waals surface area (Å²) in [4.78, 5) is 54.8. The monoisotopic (exact) mass is 810 g/mol. The minimum Gasteiger partial charge on any atom is -0.409 e. The predicted molar refractivity (Wildman–Crippen MR) is 208 cm³/mol. The zero-order valence-electron chi connectivity index (χ0n) is 29.7. The van der Waals surface area contributed by atoms with Gasteiger partial charge in [0.15, 0.2) is 12.4 Å². The summed E-state index contributed by atoms with van der Waals surface area (Å²) >= 11 is 25.2. The van der Waals surface area contributed by atoms with E-state index < -0.39 is 0 Å². The number of hydrogen-bond acceptors (Lipinski definition) is 8. The Kier molecular flexibility index (Phi) is 14.7. The fourth-order valence-electron chi connectivity index (χ4n) is 7.17. The predicted octanol–water partition coefficient (Wildman–Crippen LogP) is 5.88. The molecular formula is C36H46Cl4N8O5. The number of amides is 4. The zero-order chi connectivity index (χ0) is 38.1. The number of nitrogens with zero attached hydrogens (tertiary/aromatic N) is 7. The van der Waals surface area contributed by atoms with Crippen molar-refractivity contribution in [1.29, 1.82) is 0 Å². The summed E-state index contributed by atoms with van der Waals surface area (Å²) in [6.07, 6.45) is 5.07. The second-order valence-electron chi connectivity index (χ2n) is 13.7. The third-order valence-electron chi connectivity index (χ3n) is 9.99. The van der Waals surface area contributed by atoms with Crippen LogP contribution in [0.25, 0.3) is 0 Å². The molecule has 0 aromatic heterocycles. The normalized spacial score (nSPS) is 18.4. The van der Waals surface area contributed by atoms with Gasteiger partial charge in [-0.05, 0) is 81.0 Å². The third kappa shape index (κ3) is 11.0. The lowest BCUT2D eigenvalue weighted by Crippen LogP contribution is -2.57. The number of rotatable bonds is 14. The van der Waals surface area contributed by atoms with E-state index in [-0.39, 0.29) is 55.3 Å². The number of halogens is 4. The molecule has 3 aliphatic heterocycles. The Labute approximate surface area is 330 Å². The highest BCUT2D eigenvalue weighted by atomic mass is 35.5. The SMILES string of the molecule is CN(CC(=NOCC(N)=NO)[C@H](CCN1CCC(N2CCCN(CC(=O)N3CCCC3)C2=O)CC1)c1ccc(Cl)c(Cl)c1)C(=O)c1cc(Cl)cc(Cl)c1. The van der Waals surface area contributed by atoms with Gasteiger partial charge in [-0.25, -0.2) is 4.79 Å². The fourth-order valence-corrected chi connectivity index (χ4v) is 8.00. The largest absolute Gasteiger partial charge is 0.409 e. The average Bonchev–Trinajstić information content (AvgIpc) is 3.69. The van der Waals surface area contributed by atoms with Crippen molar-refractivity contribution in [3.8, 4) is 0 Å². The molecule has 2 aromatic carbocycles. The molecule has 0 spiro atoms. The van der Waals surface area contributed by atoms with Gasteiger partial charge < -0.3 is 40.3 Å². The molecule has 0 bridgehead atoms. The van der Waals surface area contributed by atoms with Gasteiger partial charge in [0.25, 0.3) is 5.91 Å². The van der Waals surface area contributed by atoms with Crippen molar-refractivity contribution in [2.24, 2.45) is 16.0 Å². The van der Waals surface area contributed by atoms with Crippen LogP contribution in [0.2, 0.25) is 20.1 Å². The van der Waals surface area contributed by atoms with E-state index in [2.05, 4.69) is 15.2 Å². The number of benzene rings is 2. The van der Waals surface area contributed by atoms with Gasteiger partial charge in [0.1, 0.15) is 6.54 Å². The van der Waals surface area contributed by atoms with Crippen molar-refractivity contribution >= 4 is 75.8 Å². The number of nitrogens with two attached hydrogens (primary N) is 1. The maximum Gasteiger partial charge on any atom is 0.320 e.